The number of hydrogen-bond acceptors (Lipinski definition) is 2. The van der Waals surface area contributed by atoms with Gasteiger partial charge in [0.1, 0.15) is 5.75 Å². The van der Waals surface area contributed by atoms with Crippen molar-refractivity contribution in [3.8, 4) is 5.75 Å². The Balaban J connectivity index is 2.59. The molecule has 1 fully saturated rings. The van der Waals surface area contributed by atoms with Crippen LogP contribution in [0.3, 0.4) is 0 Å². The molecular weight excluding hydrogens is 198 g/mol. The van der Waals surface area contributed by atoms with Crippen LogP contribution < -0.4 is 10.1 Å². The van der Waals surface area contributed by atoms with E-state index in [2.05, 4.69) is 5.32 Å². The summed E-state index contributed by atoms with van der Waals surface area (Å²) in [6.45, 7) is 5.08. The van der Waals surface area contributed by atoms with Crippen molar-refractivity contribution in [2.45, 2.75) is 19.9 Å². The number of hydrogen-bond donors (Lipinski definition) is 1. The molecule has 1 aliphatic rings. The molecule has 0 saturated carbocycles. The Morgan fingerprint density at radius 3 is 2.64 bits per heavy atom. The highest BCUT2D eigenvalue weighted by Gasteiger charge is 2.28. The highest BCUT2D eigenvalue weighted by Crippen LogP contribution is 2.38. The van der Waals surface area contributed by atoms with E-state index >= 15 is 0 Å². The quantitative estimate of drug-likeness (QED) is 0.763. The van der Waals surface area contributed by atoms with Crippen molar-refractivity contribution in [1.29, 1.82) is 0 Å². The minimum atomic E-state index is 0.433. The van der Waals surface area contributed by atoms with Crippen LogP contribution in [0.5, 0.6) is 5.75 Å². The van der Waals surface area contributed by atoms with E-state index in [1.807, 2.05) is 19.9 Å². The van der Waals surface area contributed by atoms with E-state index in [0.717, 1.165) is 28.4 Å². The van der Waals surface area contributed by atoms with Gasteiger partial charge in [-0.05, 0) is 31.0 Å². The van der Waals surface area contributed by atoms with Crippen LogP contribution in [-0.4, -0.2) is 13.7 Å². The van der Waals surface area contributed by atoms with Crippen molar-refractivity contribution in [2.75, 3.05) is 13.7 Å². The van der Waals surface area contributed by atoms with Gasteiger partial charge in [-0.15, -0.1) is 0 Å². The van der Waals surface area contributed by atoms with Gasteiger partial charge in [-0.1, -0.05) is 11.6 Å². The highest BCUT2D eigenvalue weighted by molar-refractivity contribution is 6.32. The lowest BCUT2D eigenvalue weighted by Gasteiger charge is -2.13. The zero-order valence-corrected chi connectivity index (χ0v) is 9.40. The van der Waals surface area contributed by atoms with Crippen molar-refractivity contribution in [2.24, 2.45) is 0 Å². The van der Waals surface area contributed by atoms with E-state index in [1.54, 1.807) is 7.11 Å². The Labute approximate surface area is 89.2 Å². The average Bonchev–Trinajstić information content (AvgIpc) is 2.97. The number of rotatable bonds is 2. The van der Waals surface area contributed by atoms with E-state index in [9.17, 15) is 0 Å². The van der Waals surface area contributed by atoms with Crippen LogP contribution in [0, 0.1) is 13.8 Å². The molecule has 1 saturated heterocycles. The van der Waals surface area contributed by atoms with Crippen molar-refractivity contribution in [1.82, 2.24) is 5.32 Å². The normalized spacial score (nSPS) is 19.6. The van der Waals surface area contributed by atoms with E-state index in [0.29, 0.717) is 6.04 Å². The smallest absolute Gasteiger partial charge is 0.124 e. The van der Waals surface area contributed by atoms with Gasteiger partial charge in [-0.2, -0.15) is 0 Å². The second-order valence-electron chi connectivity index (χ2n) is 3.71. The van der Waals surface area contributed by atoms with Gasteiger partial charge in [-0.25, -0.2) is 0 Å². The van der Waals surface area contributed by atoms with E-state index in [-0.39, 0.29) is 0 Å². The molecule has 0 spiro atoms. The molecule has 0 aromatic heterocycles. The van der Waals surface area contributed by atoms with Crippen molar-refractivity contribution < 1.29 is 4.74 Å². The zero-order chi connectivity index (χ0) is 10.3. The number of methoxy groups -OCH3 is 1. The van der Waals surface area contributed by atoms with Gasteiger partial charge in [0.15, 0.2) is 0 Å². The molecule has 2 nitrogen and oxygen atoms in total. The molecule has 14 heavy (non-hydrogen) atoms. The summed E-state index contributed by atoms with van der Waals surface area (Å²) in [4.78, 5) is 0. The molecule has 1 aromatic carbocycles. The first kappa shape index (κ1) is 9.81. The second kappa shape index (κ2) is 3.44. The molecule has 0 radical (unpaired) electrons. The number of halogens is 1. The largest absolute Gasteiger partial charge is 0.496 e. The fraction of sp³-hybridized carbons (Fsp3) is 0.455. The maximum Gasteiger partial charge on any atom is 0.124 e. The molecular formula is C11H14ClNO. The fourth-order valence-electron chi connectivity index (χ4n) is 1.80. The molecule has 0 aliphatic carbocycles. The van der Waals surface area contributed by atoms with Crippen molar-refractivity contribution in [3.05, 3.63) is 27.8 Å². The Morgan fingerprint density at radius 1 is 1.50 bits per heavy atom. The van der Waals surface area contributed by atoms with Crippen LogP contribution in [-0.2, 0) is 0 Å². The predicted molar refractivity (Wildman–Crippen MR) is 58.2 cm³/mol. The molecule has 1 unspecified atom stereocenters. The topological polar surface area (TPSA) is 31.2 Å². The SMILES string of the molecule is COc1cc(C)c(Cl)c(C)c1C1CN1. The van der Waals surface area contributed by atoms with Crippen LogP contribution in [0.4, 0.5) is 0 Å². The zero-order valence-electron chi connectivity index (χ0n) is 8.65. The third-order valence-corrected chi connectivity index (χ3v) is 3.25. The molecule has 1 aromatic rings. The Morgan fingerprint density at radius 2 is 2.14 bits per heavy atom. The lowest BCUT2D eigenvalue weighted by molar-refractivity contribution is 0.409. The molecule has 0 bridgehead atoms. The summed E-state index contributed by atoms with van der Waals surface area (Å²) in [6, 6.07) is 2.44. The summed E-state index contributed by atoms with van der Waals surface area (Å²) < 4.78 is 5.36. The average molecular weight is 212 g/mol. The summed E-state index contributed by atoms with van der Waals surface area (Å²) in [6.07, 6.45) is 0. The summed E-state index contributed by atoms with van der Waals surface area (Å²) in [7, 11) is 1.70. The van der Waals surface area contributed by atoms with Crippen molar-refractivity contribution in [3.63, 3.8) is 0 Å². The lowest BCUT2D eigenvalue weighted by atomic mass is 10.0. The van der Waals surface area contributed by atoms with Crippen LogP contribution in [0.15, 0.2) is 6.07 Å². The van der Waals surface area contributed by atoms with Gasteiger partial charge < -0.3 is 10.1 Å². The Bertz CT molecular complexity index is 372. The van der Waals surface area contributed by atoms with Crippen molar-refractivity contribution >= 4 is 11.6 Å². The lowest BCUT2D eigenvalue weighted by Crippen LogP contribution is -1.98. The van der Waals surface area contributed by atoms with Crippen LogP contribution in [0.25, 0.3) is 0 Å². The molecule has 1 atom stereocenters. The first-order valence-corrected chi connectivity index (χ1v) is 5.10. The van der Waals surface area contributed by atoms with E-state index in [4.69, 9.17) is 16.3 Å². The number of aryl methyl sites for hydroxylation is 1. The first-order valence-electron chi connectivity index (χ1n) is 4.72. The molecule has 2 rings (SSSR count). The molecule has 76 valence electrons. The standard InChI is InChI=1S/C11H14ClNO/c1-6-4-9(14-3)10(8-5-13-8)7(2)11(6)12/h4,8,13H,5H2,1-3H3. The molecule has 1 heterocycles. The highest BCUT2D eigenvalue weighted by atomic mass is 35.5. The maximum atomic E-state index is 6.20. The molecule has 0 amide bonds. The fourth-order valence-corrected chi connectivity index (χ4v) is 1.96. The van der Waals surface area contributed by atoms with Crippen LogP contribution in [0.2, 0.25) is 5.02 Å². The molecule has 1 N–H and O–H groups in total. The van der Waals surface area contributed by atoms with Gasteiger partial charge in [0.25, 0.3) is 0 Å². The molecule has 3 heteroatoms. The van der Waals surface area contributed by atoms with Crippen LogP contribution in [0.1, 0.15) is 22.7 Å². The van der Waals surface area contributed by atoms with Gasteiger partial charge in [0.2, 0.25) is 0 Å². The van der Waals surface area contributed by atoms with E-state index in [1.165, 1.54) is 5.56 Å². The first-order chi connectivity index (χ1) is 6.65. The predicted octanol–water partition coefficient (Wildman–Crippen LogP) is 2.61. The Kier molecular flexibility index (Phi) is 2.41. The minimum absolute atomic E-state index is 0.433. The summed E-state index contributed by atoms with van der Waals surface area (Å²) in [5.74, 6) is 0.944. The second-order valence-corrected chi connectivity index (χ2v) is 4.09. The van der Waals surface area contributed by atoms with Gasteiger partial charge in [0.05, 0.1) is 7.11 Å². The minimum Gasteiger partial charge on any atom is -0.496 e. The number of ether oxygens (including phenoxy) is 1. The summed E-state index contributed by atoms with van der Waals surface area (Å²) in [5.41, 5.74) is 3.42. The van der Waals surface area contributed by atoms with Gasteiger partial charge in [0, 0.05) is 23.2 Å². The van der Waals surface area contributed by atoms with Crippen LogP contribution >= 0.6 is 11.6 Å². The number of benzene rings is 1. The monoisotopic (exact) mass is 211 g/mol. The summed E-state index contributed by atoms with van der Waals surface area (Å²) in [5, 5.41) is 4.13. The Hall–Kier alpha value is -0.730. The third kappa shape index (κ3) is 1.49. The number of nitrogens with one attached hydrogen (secondary N) is 1. The maximum absolute atomic E-state index is 6.20. The third-order valence-electron chi connectivity index (χ3n) is 2.67. The van der Waals surface area contributed by atoms with E-state index < -0.39 is 0 Å². The molecule has 1 aliphatic heterocycles. The summed E-state index contributed by atoms with van der Waals surface area (Å²) >= 11 is 6.20. The van der Waals surface area contributed by atoms with Gasteiger partial charge in [-0.3, -0.25) is 0 Å². The van der Waals surface area contributed by atoms with Gasteiger partial charge >= 0.3 is 0 Å².